The first-order valence-electron chi connectivity index (χ1n) is 5.90. The molecule has 18 heavy (non-hydrogen) atoms. The molecule has 4 nitrogen and oxygen atoms in total. The number of hydrogen-bond acceptors (Lipinski definition) is 4. The predicted octanol–water partition coefficient (Wildman–Crippen LogP) is 2.63. The number of nitrogens with zero attached hydrogens (tertiary/aromatic N) is 2. The topological polar surface area (TPSA) is 44.2 Å². The van der Waals surface area contributed by atoms with E-state index in [1.165, 1.54) is 5.56 Å². The molecule has 0 N–H and O–H groups in total. The first-order chi connectivity index (χ1) is 8.81. The van der Waals surface area contributed by atoms with Crippen molar-refractivity contribution in [2.75, 3.05) is 7.11 Å². The summed E-state index contributed by atoms with van der Waals surface area (Å²) in [5, 5.41) is 7.90. The minimum absolute atomic E-state index is 0.407. The Morgan fingerprint density at radius 2 is 2.00 bits per heavy atom. The number of aryl methyl sites for hydroxylation is 1. The summed E-state index contributed by atoms with van der Waals surface area (Å²) in [5.74, 6) is 1.36. The molecule has 0 unspecified atom stereocenters. The Bertz CT molecular complexity index is 497. The molecule has 0 aliphatic rings. The lowest BCUT2D eigenvalue weighted by Crippen LogP contribution is -2.00. The van der Waals surface area contributed by atoms with Gasteiger partial charge in [0.15, 0.2) is 0 Å². The molecule has 1 heterocycles. The normalized spacial score (nSPS) is 10.1. The molecule has 0 radical (unpaired) electrons. The Morgan fingerprint density at radius 1 is 1.11 bits per heavy atom. The molecule has 4 heteroatoms. The predicted molar refractivity (Wildman–Crippen MR) is 68.7 cm³/mol. The van der Waals surface area contributed by atoms with E-state index in [0.717, 1.165) is 17.9 Å². The number of benzene rings is 1. The largest absolute Gasteiger partial charge is 0.487 e. The Hall–Kier alpha value is -2.10. The molecule has 0 aliphatic carbocycles. The van der Waals surface area contributed by atoms with Gasteiger partial charge in [-0.2, -0.15) is 0 Å². The van der Waals surface area contributed by atoms with Crippen molar-refractivity contribution in [3.8, 4) is 11.6 Å². The van der Waals surface area contributed by atoms with Crippen molar-refractivity contribution in [2.45, 2.75) is 20.0 Å². The maximum absolute atomic E-state index is 5.66. The minimum atomic E-state index is 0.407. The van der Waals surface area contributed by atoms with Crippen LogP contribution in [0.15, 0.2) is 36.4 Å². The van der Waals surface area contributed by atoms with Crippen molar-refractivity contribution >= 4 is 0 Å². The van der Waals surface area contributed by atoms with E-state index in [-0.39, 0.29) is 0 Å². The lowest BCUT2D eigenvalue weighted by molar-refractivity contribution is 0.298. The van der Waals surface area contributed by atoms with Gasteiger partial charge in [0.1, 0.15) is 18.1 Å². The third-order valence-corrected chi connectivity index (χ3v) is 2.60. The van der Waals surface area contributed by atoms with E-state index in [1.807, 2.05) is 24.3 Å². The lowest BCUT2D eigenvalue weighted by atomic mass is 10.2. The molecular formula is C14H16N2O2. The summed E-state index contributed by atoms with van der Waals surface area (Å²) in [5.41, 5.74) is 2.03. The van der Waals surface area contributed by atoms with Gasteiger partial charge in [-0.05, 0) is 30.2 Å². The van der Waals surface area contributed by atoms with E-state index >= 15 is 0 Å². The van der Waals surface area contributed by atoms with E-state index in [9.17, 15) is 0 Å². The van der Waals surface area contributed by atoms with Gasteiger partial charge >= 0.3 is 0 Å². The average molecular weight is 244 g/mol. The molecule has 0 bridgehead atoms. The highest BCUT2D eigenvalue weighted by atomic mass is 16.5. The van der Waals surface area contributed by atoms with Crippen LogP contribution in [-0.2, 0) is 13.0 Å². The lowest BCUT2D eigenvalue weighted by Gasteiger charge is -2.06. The third kappa shape index (κ3) is 3.20. The maximum atomic E-state index is 5.66. The van der Waals surface area contributed by atoms with Crippen LogP contribution >= 0.6 is 0 Å². The summed E-state index contributed by atoms with van der Waals surface area (Å²) in [4.78, 5) is 0. The fourth-order valence-electron chi connectivity index (χ4n) is 1.55. The van der Waals surface area contributed by atoms with Crippen molar-refractivity contribution in [1.29, 1.82) is 0 Å². The van der Waals surface area contributed by atoms with Crippen LogP contribution in [0.3, 0.4) is 0 Å². The zero-order chi connectivity index (χ0) is 12.8. The van der Waals surface area contributed by atoms with E-state index < -0.39 is 0 Å². The molecule has 2 rings (SSSR count). The molecule has 0 saturated heterocycles. The van der Waals surface area contributed by atoms with Crippen molar-refractivity contribution < 1.29 is 9.47 Å². The number of hydrogen-bond donors (Lipinski definition) is 0. The molecule has 0 spiro atoms. The Morgan fingerprint density at radius 3 is 2.67 bits per heavy atom. The maximum Gasteiger partial charge on any atom is 0.233 e. The summed E-state index contributed by atoms with van der Waals surface area (Å²) in [6, 6.07) is 11.7. The van der Waals surface area contributed by atoms with Crippen LogP contribution in [0.5, 0.6) is 11.6 Å². The second-order valence-electron chi connectivity index (χ2n) is 3.86. The average Bonchev–Trinajstić information content (AvgIpc) is 2.46. The molecule has 0 amide bonds. The molecule has 0 fully saturated rings. The highest BCUT2D eigenvalue weighted by Gasteiger charge is 2.00. The summed E-state index contributed by atoms with van der Waals surface area (Å²) >= 11 is 0. The molecule has 0 aliphatic heterocycles. The van der Waals surface area contributed by atoms with Gasteiger partial charge in [0.05, 0.1) is 7.11 Å². The van der Waals surface area contributed by atoms with Crippen molar-refractivity contribution in [2.24, 2.45) is 0 Å². The fraction of sp³-hybridized carbons (Fsp3) is 0.286. The molecule has 0 saturated carbocycles. The van der Waals surface area contributed by atoms with Crippen LogP contribution in [-0.4, -0.2) is 17.3 Å². The molecular weight excluding hydrogens is 228 g/mol. The first kappa shape index (κ1) is 12.4. The summed E-state index contributed by atoms with van der Waals surface area (Å²) in [6.45, 7) is 2.53. The second kappa shape index (κ2) is 6.00. The molecule has 0 atom stereocenters. The number of ether oxygens (including phenoxy) is 2. The molecule has 1 aromatic carbocycles. The number of rotatable bonds is 5. The van der Waals surface area contributed by atoms with Gasteiger partial charge in [0, 0.05) is 6.07 Å². The van der Waals surface area contributed by atoms with E-state index in [4.69, 9.17) is 9.47 Å². The van der Waals surface area contributed by atoms with Crippen molar-refractivity contribution in [3.63, 3.8) is 0 Å². The zero-order valence-corrected chi connectivity index (χ0v) is 10.6. The van der Waals surface area contributed by atoms with Crippen molar-refractivity contribution in [1.82, 2.24) is 10.2 Å². The van der Waals surface area contributed by atoms with Gasteiger partial charge in [-0.1, -0.05) is 19.1 Å². The molecule has 2 aromatic rings. The van der Waals surface area contributed by atoms with Gasteiger partial charge in [0.25, 0.3) is 0 Å². The smallest absolute Gasteiger partial charge is 0.233 e. The van der Waals surface area contributed by atoms with Crippen LogP contribution in [0.25, 0.3) is 0 Å². The SMILES string of the molecule is CCc1cccc(OCc2ccc(OC)nn2)c1. The first-order valence-corrected chi connectivity index (χ1v) is 5.90. The highest BCUT2D eigenvalue weighted by molar-refractivity contribution is 5.28. The van der Waals surface area contributed by atoms with Crippen LogP contribution in [0.1, 0.15) is 18.2 Å². The zero-order valence-electron chi connectivity index (χ0n) is 10.6. The Labute approximate surface area is 107 Å². The quantitative estimate of drug-likeness (QED) is 0.811. The van der Waals surface area contributed by atoms with Crippen LogP contribution in [0.4, 0.5) is 0 Å². The Balaban J connectivity index is 1.97. The summed E-state index contributed by atoms with van der Waals surface area (Å²) in [7, 11) is 1.57. The van der Waals surface area contributed by atoms with Gasteiger partial charge < -0.3 is 9.47 Å². The van der Waals surface area contributed by atoms with Crippen molar-refractivity contribution in [3.05, 3.63) is 47.7 Å². The summed E-state index contributed by atoms with van der Waals surface area (Å²) in [6.07, 6.45) is 1.000. The molecule has 94 valence electrons. The van der Waals surface area contributed by atoms with Gasteiger partial charge in [-0.15, -0.1) is 10.2 Å². The van der Waals surface area contributed by atoms with Crippen LogP contribution in [0, 0.1) is 0 Å². The standard InChI is InChI=1S/C14H16N2O2/c1-3-11-5-4-6-13(9-11)18-10-12-7-8-14(17-2)16-15-12/h4-9H,3,10H2,1-2H3. The second-order valence-corrected chi connectivity index (χ2v) is 3.86. The van der Waals surface area contributed by atoms with Gasteiger partial charge in [-0.3, -0.25) is 0 Å². The minimum Gasteiger partial charge on any atom is -0.487 e. The summed E-state index contributed by atoms with van der Waals surface area (Å²) < 4.78 is 10.6. The van der Waals surface area contributed by atoms with Crippen LogP contribution in [0.2, 0.25) is 0 Å². The van der Waals surface area contributed by atoms with Crippen LogP contribution < -0.4 is 9.47 Å². The van der Waals surface area contributed by atoms with Gasteiger partial charge in [0.2, 0.25) is 5.88 Å². The third-order valence-electron chi connectivity index (χ3n) is 2.60. The highest BCUT2D eigenvalue weighted by Crippen LogP contribution is 2.15. The molecule has 1 aromatic heterocycles. The Kier molecular flexibility index (Phi) is 4.12. The van der Waals surface area contributed by atoms with E-state index in [1.54, 1.807) is 13.2 Å². The number of aromatic nitrogens is 2. The number of methoxy groups -OCH3 is 1. The van der Waals surface area contributed by atoms with E-state index in [2.05, 4.69) is 23.2 Å². The fourth-order valence-corrected chi connectivity index (χ4v) is 1.55. The monoisotopic (exact) mass is 244 g/mol. The van der Waals surface area contributed by atoms with E-state index in [0.29, 0.717) is 12.5 Å². The van der Waals surface area contributed by atoms with Gasteiger partial charge in [-0.25, -0.2) is 0 Å².